The minimum atomic E-state index is 0.719. The maximum absolute atomic E-state index is 5.72. The number of benzene rings is 1. The number of thioether (sulfide) groups is 1. The molecule has 0 amide bonds. The van der Waals surface area contributed by atoms with Crippen LogP contribution in [-0.2, 0) is 5.75 Å². The lowest BCUT2D eigenvalue weighted by Gasteiger charge is -2.03. The second-order valence-electron chi connectivity index (χ2n) is 3.14. The van der Waals surface area contributed by atoms with Crippen LogP contribution >= 0.6 is 23.3 Å². The molecule has 0 fully saturated rings. The number of anilines is 1. The standard InChI is InChI=1S/C10H11N3S2/c1-7-4-2-3-5-9(7)14-6-8-10(11)15-13-12-8/h2-5H,6,11H2,1H3. The first-order valence-electron chi connectivity index (χ1n) is 4.52. The molecule has 1 aromatic carbocycles. The maximum Gasteiger partial charge on any atom is 0.131 e. The van der Waals surface area contributed by atoms with Gasteiger partial charge in [0.2, 0.25) is 0 Å². The van der Waals surface area contributed by atoms with Gasteiger partial charge in [-0.25, -0.2) is 0 Å². The summed E-state index contributed by atoms with van der Waals surface area (Å²) < 4.78 is 3.81. The van der Waals surface area contributed by atoms with Gasteiger partial charge in [-0.15, -0.1) is 16.9 Å². The van der Waals surface area contributed by atoms with E-state index >= 15 is 0 Å². The van der Waals surface area contributed by atoms with Crippen molar-refractivity contribution < 1.29 is 0 Å². The second-order valence-corrected chi connectivity index (χ2v) is 4.94. The van der Waals surface area contributed by atoms with Gasteiger partial charge in [0, 0.05) is 22.2 Å². The number of hydrogen-bond acceptors (Lipinski definition) is 5. The normalized spacial score (nSPS) is 10.5. The molecular weight excluding hydrogens is 226 g/mol. The zero-order chi connectivity index (χ0) is 10.7. The van der Waals surface area contributed by atoms with E-state index in [2.05, 4.69) is 28.6 Å². The first-order chi connectivity index (χ1) is 7.27. The van der Waals surface area contributed by atoms with Crippen molar-refractivity contribution in [2.24, 2.45) is 0 Å². The molecule has 0 unspecified atom stereocenters. The van der Waals surface area contributed by atoms with Crippen LogP contribution in [0.3, 0.4) is 0 Å². The van der Waals surface area contributed by atoms with Crippen LogP contribution in [0.5, 0.6) is 0 Å². The molecule has 0 atom stereocenters. The average Bonchev–Trinajstić information content (AvgIpc) is 2.63. The van der Waals surface area contributed by atoms with E-state index in [1.54, 1.807) is 11.8 Å². The zero-order valence-electron chi connectivity index (χ0n) is 8.30. The van der Waals surface area contributed by atoms with Gasteiger partial charge in [-0.05, 0) is 18.6 Å². The molecule has 2 N–H and O–H groups in total. The highest BCUT2D eigenvalue weighted by Crippen LogP contribution is 2.27. The molecular formula is C10H11N3S2. The van der Waals surface area contributed by atoms with Gasteiger partial charge < -0.3 is 5.73 Å². The summed E-state index contributed by atoms with van der Waals surface area (Å²) >= 11 is 2.99. The topological polar surface area (TPSA) is 51.8 Å². The van der Waals surface area contributed by atoms with Gasteiger partial charge >= 0.3 is 0 Å². The number of hydrogen-bond donors (Lipinski definition) is 1. The predicted molar refractivity (Wildman–Crippen MR) is 65.1 cm³/mol. The number of aromatic nitrogens is 2. The van der Waals surface area contributed by atoms with Gasteiger partial charge in [-0.1, -0.05) is 22.7 Å². The van der Waals surface area contributed by atoms with E-state index in [0.29, 0.717) is 0 Å². The maximum atomic E-state index is 5.72. The molecule has 3 nitrogen and oxygen atoms in total. The monoisotopic (exact) mass is 237 g/mol. The predicted octanol–water partition coefficient (Wildman–Crippen LogP) is 2.72. The second kappa shape index (κ2) is 4.63. The zero-order valence-corrected chi connectivity index (χ0v) is 9.94. The van der Waals surface area contributed by atoms with Crippen molar-refractivity contribution in [1.82, 2.24) is 9.59 Å². The van der Waals surface area contributed by atoms with Crippen molar-refractivity contribution in [3.05, 3.63) is 35.5 Å². The largest absolute Gasteiger partial charge is 0.388 e. The van der Waals surface area contributed by atoms with Crippen LogP contribution < -0.4 is 5.73 Å². The molecule has 0 saturated heterocycles. The molecule has 0 aliphatic rings. The van der Waals surface area contributed by atoms with E-state index in [-0.39, 0.29) is 0 Å². The summed E-state index contributed by atoms with van der Waals surface area (Å²) in [7, 11) is 0. The van der Waals surface area contributed by atoms with Gasteiger partial charge in [-0.3, -0.25) is 0 Å². The average molecular weight is 237 g/mol. The molecule has 0 radical (unpaired) electrons. The molecule has 1 aromatic heterocycles. The molecule has 0 aliphatic heterocycles. The fourth-order valence-electron chi connectivity index (χ4n) is 1.18. The Morgan fingerprint density at radius 3 is 2.87 bits per heavy atom. The first kappa shape index (κ1) is 10.4. The van der Waals surface area contributed by atoms with Crippen molar-refractivity contribution in [3.63, 3.8) is 0 Å². The summed E-state index contributed by atoms with van der Waals surface area (Å²) in [5, 5.41) is 4.70. The van der Waals surface area contributed by atoms with Crippen LogP contribution in [0, 0.1) is 6.92 Å². The molecule has 2 aromatic rings. The lowest BCUT2D eigenvalue weighted by atomic mass is 10.2. The Labute approximate surface area is 96.9 Å². The Balaban J connectivity index is 2.06. The molecule has 2 rings (SSSR count). The van der Waals surface area contributed by atoms with Crippen molar-refractivity contribution in [3.8, 4) is 0 Å². The highest BCUT2D eigenvalue weighted by molar-refractivity contribution is 7.98. The molecule has 78 valence electrons. The number of rotatable bonds is 3. The fourth-order valence-corrected chi connectivity index (χ4v) is 2.69. The van der Waals surface area contributed by atoms with E-state index in [1.165, 1.54) is 22.0 Å². The van der Waals surface area contributed by atoms with Gasteiger partial charge in [0.25, 0.3) is 0 Å². The van der Waals surface area contributed by atoms with E-state index in [0.717, 1.165) is 16.4 Å². The van der Waals surface area contributed by atoms with E-state index in [1.807, 2.05) is 12.1 Å². The third kappa shape index (κ3) is 2.49. The van der Waals surface area contributed by atoms with Crippen LogP contribution in [0.2, 0.25) is 0 Å². The van der Waals surface area contributed by atoms with Crippen LogP contribution in [0.4, 0.5) is 5.00 Å². The van der Waals surface area contributed by atoms with Crippen molar-refractivity contribution in [2.45, 2.75) is 17.6 Å². The van der Waals surface area contributed by atoms with E-state index in [9.17, 15) is 0 Å². The van der Waals surface area contributed by atoms with Gasteiger partial charge in [0.15, 0.2) is 0 Å². The lowest BCUT2D eigenvalue weighted by Crippen LogP contribution is -1.89. The van der Waals surface area contributed by atoms with Gasteiger partial charge in [-0.2, -0.15) is 0 Å². The Morgan fingerprint density at radius 2 is 2.20 bits per heavy atom. The number of nitrogen functional groups attached to an aromatic ring is 1. The SMILES string of the molecule is Cc1ccccc1SCc1nnsc1N. The Bertz CT molecular complexity index is 453. The summed E-state index contributed by atoms with van der Waals surface area (Å²) in [6.07, 6.45) is 0. The summed E-state index contributed by atoms with van der Waals surface area (Å²) in [6.45, 7) is 2.10. The van der Waals surface area contributed by atoms with Crippen LogP contribution in [0.15, 0.2) is 29.2 Å². The fraction of sp³-hybridized carbons (Fsp3) is 0.200. The summed E-state index contributed by atoms with van der Waals surface area (Å²) in [6, 6.07) is 8.29. The third-order valence-corrected chi connectivity index (χ3v) is 3.83. The number of aryl methyl sites for hydroxylation is 1. The lowest BCUT2D eigenvalue weighted by molar-refractivity contribution is 1.08. The molecule has 15 heavy (non-hydrogen) atoms. The van der Waals surface area contributed by atoms with Crippen LogP contribution in [0.25, 0.3) is 0 Å². The Morgan fingerprint density at radius 1 is 1.40 bits per heavy atom. The highest BCUT2D eigenvalue weighted by atomic mass is 32.2. The molecule has 0 saturated carbocycles. The van der Waals surface area contributed by atoms with Crippen LogP contribution in [-0.4, -0.2) is 9.59 Å². The highest BCUT2D eigenvalue weighted by Gasteiger charge is 2.05. The number of nitrogens with two attached hydrogens (primary N) is 1. The molecule has 0 bridgehead atoms. The van der Waals surface area contributed by atoms with Crippen molar-refractivity contribution in [2.75, 3.05) is 5.73 Å². The smallest absolute Gasteiger partial charge is 0.131 e. The summed E-state index contributed by atoms with van der Waals surface area (Å²) in [5.74, 6) is 0.785. The molecule has 5 heteroatoms. The molecule has 0 spiro atoms. The quantitative estimate of drug-likeness (QED) is 0.834. The van der Waals surface area contributed by atoms with Gasteiger partial charge in [0.1, 0.15) is 10.7 Å². The molecule has 0 aliphatic carbocycles. The van der Waals surface area contributed by atoms with Crippen molar-refractivity contribution >= 4 is 28.3 Å². The summed E-state index contributed by atoms with van der Waals surface area (Å²) in [5.41, 5.74) is 7.89. The van der Waals surface area contributed by atoms with Crippen LogP contribution in [0.1, 0.15) is 11.3 Å². The first-order valence-corrected chi connectivity index (χ1v) is 6.28. The molecule has 1 heterocycles. The van der Waals surface area contributed by atoms with Crippen molar-refractivity contribution in [1.29, 1.82) is 0 Å². The Kier molecular flexibility index (Phi) is 3.23. The minimum Gasteiger partial charge on any atom is -0.388 e. The third-order valence-electron chi connectivity index (χ3n) is 2.04. The van der Waals surface area contributed by atoms with E-state index in [4.69, 9.17) is 5.73 Å². The minimum absolute atomic E-state index is 0.719. The summed E-state index contributed by atoms with van der Waals surface area (Å²) in [4.78, 5) is 1.27. The number of nitrogens with zero attached hydrogens (tertiary/aromatic N) is 2. The van der Waals surface area contributed by atoms with E-state index < -0.39 is 0 Å². The van der Waals surface area contributed by atoms with Gasteiger partial charge in [0.05, 0.1) is 0 Å². The Hall–Kier alpha value is -1.07.